The molecule has 7 unspecified atom stereocenters. The van der Waals surface area contributed by atoms with Gasteiger partial charge in [-0.1, -0.05) is 183 Å². The van der Waals surface area contributed by atoms with Gasteiger partial charge in [0.2, 0.25) is 5.91 Å². The average Bonchev–Trinajstić information content (AvgIpc) is 3.38. The van der Waals surface area contributed by atoms with Gasteiger partial charge in [0.05, 0.1) is 32.0 Å². The number of esters is 1. The van der Waals surface area contributed by atoms with Crippen molar-refractivity contribution in [2.24, 2.45) is 0 Å². The van der Waals surface area contributed by atoms with E-state index in [0.717, 1.165) is 103 Å². The van der Waals surface area contributed by atoms with Crippen LogP contribution in [0.25, 0.3) is 0 Å². The van der Waals surface area contributed by atoms with Crippen molar-refractivity contribution in [2.45, 2.75) is 281 Å². The summed E-state index contributed by atoms with van der Waals surface area (Å²) in [7, 11) is 0. The van der Waals surface area contributed by atoms with Crippen molar-refractivity contribution in [3.63, 3.8) is 0 Å². The van der Waals surface area contributed by atoms with Gasteiger partial charge in [-0.2, -0.15) is 0 Å². The van der Waals surface area contributed by atoms with Crippen LogP contribution in [0.2, 0.25) is 0 Å². The topological polar surface area (TPSA) is 175 Å². The number of unbranched alkanes of at least 4 members (excludes halogenated alkanes) is 26. The van der Waals surface area contributed by atoms with Crippen molar-refractivity contribution in [2.75, 3.05) is 19.8 Å². The van der Waals surface area contributed by atoms with Crippen LogP contribution in [0.5, 0.6) is 0 Å². The fraction of sp³-hybridized carbons (Fsp3) is 0.770. The molecule has 6 N–H and O–H groups in total. The summed E-state index contributed by atoms with van der Waals surface area (Å²) in [6.07, 6.45) is 55.6. The molecule has 1 heterocycles. The molecule has 11 nitrogen and oxygen atoms in total. The van der Waals surface area contributed by atoms with Gasteiger partial charge in [0.1, 0.15) is 24.4 Å². The first-order chi connectivity index (χ1) is 35.2. The molecule has 1 saturated heterocycles. The molecule has 0 aromatic rings. The van der Waals surface area contributed by atoms with Gasteiger partial charge in [-0.3, -0.25) is 9.59 Å². The van der Waals surface area contributed by atoms with Crippen molar-refractivity contribution < 1.29 is 49.3 Å². The maximum absolute atomic E-state index is 13.0. The molecular weight excluding hydrogens is 907 g/mol. The highest BCUT2D eigenvalue weighted by atomic mass is 16.7. The van der Waals surface area contributed by atoms with Crippen LogP contribution in [0, 0.1) is 0 Å². The second kappa shape index (κ2) is 50.3. The van der Waals surface area contributed by atoms with E-state index in [1.807, 2.05) is 6.08 Å². The number of aliphatic hydroxyl groups excluding tert-OH is 5. The molecule has 11 heteroatoms. The summed E-state index contributed by atoms with van der Waals surface area (Å²) < 4.78 is 16.6. The molecule has 0 aromatic heterocycles. The number of nitrogens with one attached hydrogen (secondary N) is 1. The lowest BCUT2D eigenvalue weighted by atomic mass is 9.99. The molecule has 0 aromatic carbocycles. The number of hydrogen-bond donors (Lipinski definition) is 6. The summed E-state index contributed by atoms with van der Waals surface area (Å²) in [6, 6.07) is -0.844. The van der Waals surface area contributed by atoms with E-state index < -0.39 is 49.5 Å². The van der Waals surface area contributed by atoms with Gasteiger partial charge < -0.3 is 45.1 Å². The van der Waals surface area contributed by atoms with E-state index in [0.29, 0.717) is 19.4 Å². The lowest BCUT2D eigenvalue weighted by Gasteiger charge is -2.40. The standard InChI is InChI=1S/C61H107NO10/c1-3-5-7-9-11-13-15-24-27-31-35-39-43-47-54(64)53(52-71-61-60(69)59(68)58(67)55(51-63)72-61)62-56(65)48-44-40-36-32-28-25-22-20-18-17-19-21-23-26-30-34-38-42-46-50-70-57(66)49-45-41-37-33-29-16-14-12-10-8-6-4-2/h11-14,21,23,26-27,30-31,43,47,53-55,58-61,63-64,67-69H,3-10,15-20,22,24-25,28-29,32-42,44-46,48-52H2,1-2H3,(H,62,65)/b13-11+,14-12-,23-21-,30-26-,31-27+,47-43+. The van der Waals surface area contributed by atoms with Crippen molar-refractivity contribution in [3.05, 3.63) is 72.9 Å². The Morgan fingerprint density at radius 1 is 0.514 bits per heavy atom. The number of rotatable bonds is 49. The molecule has 1 fully saturated rings. The minimum atomic E-state index is -1.59. The fourth-order valence-corrected chi connectivity index (χ4v) is 8.57. The molecule has 0 aliphatic carbocycles. The van der Waals surface area contributed by atoms with Gasteiger partial charge in [-0.05, 0) is 116 Å². The second-order valence-corrected chi connectivity index (χ2v) is 20.0. The quantitative estimate of drug-likeness (QED) is 0.0149. The van der Waals surface area contributed by atoms with Crippen molar-refractivity contribution >= 4 is 11.9 Å². The number of hydrogen-bond acceptors (Lipinski definition) is 10. The molecule has 0 bridgehead atoms. The fourth-order valence-electron chi connectivity index (χ4n) is 8.57. The van der Waals surface area contributed by atoms with Crippen LogP contribution in [0.4, 0.5) is 0 Å². The van der Waals surface area contributed by atoms with Crippen molar-refractivity contribution in [1.29, 1.82) is 0 Å². The second-order valence-electron chi connectivity index (χ2n) is 20.0. The van der Waals surface area contributed by atoms with Gasteiger partial charge in [0.15, 0.2) is 6.29 Å². The Labute approximate surface area is 439 Å². The zero-order chi connectivity index (χ0) is 52.4. The first-order valence-electron chi connectivity index (χ1n) is 29.2. The van der Waals surface area contributed by atoms with Crippen LogP contribution >= 0.6 is 0 Å². The van der Waals surface area contributed by atoms with Crippen LogP contribution in [0.3, 0.4) is 0 Å². The first kappa shape index (κ1) is 67.1. The Bertz CT molecular complexity index is 1430. The Balaban J connectivity index is 2.15. The molecular formula is C61H107NO10. The number of aliphatic hydroxyl groups is 5. The molecule has 1 rings (SSSR count). The van der Waals surface area contributed by atoms with Crippen LogP contribution in [0.15, 0.2) is 72.9 Å². The SMILES string of the molecule is CCCCC/C=C\CCCCCCCC(=O)OCCCCC/C=C\C=C/CCCCCCCCCCCCC(=O)NC(COC1OC(CO)C(O)C(O)C1O)C(O)/C=C/CC/C=C/CC/C=C/CCCCC. The highest BCUT2D eigenvalue weighted by Gasteiger charge is 2.44. The summed E-state index contributed by atoms with van der Waals surface area (Å²) in [4.78, 5) is 25.0. The van der Waals surface area contributed by atoms with E-state index in [9.17, 15) is 35.1 Å². The van der Waals surface area contributed by atoms with Crippen LogP contribution in [-0.4, -0.2) is 100 Å². The monoisotopic (exact) mass is 1010 g/mol. The molecule has 1 aliphatic heterocycles. The highest BCUT2D eigenvalue weighted by Crippen LogP contribution is 2.23. The maximum Gasteiger partial charge on any atom is 0.305 e. The Kier molecular flexibility index (Phi) is 46.9. The van der Waals surface area contributed by atoms with Gasteiger partial charge in [-0.25, -0.2) is 0 Å². The molecule has 1 aliphatic rings. The predicted molar refractivity (Wildman–Crippen MR) is 296 cm³/mol. The van der Waals surface area contributed by atoms with Gasteiger partial charge >= 0.3 is 5.97 Å². The van der Waals surface area contributed by atoms with Crippen molar-refractivity contribution in [3.8, 4) is 0 Å². The molecule has 0 saturated carbocycles. The minimum Gasteiger partial charge on any atom is -0.466 e. The predicted octanol–water partition coefficient (Wildman–Crippen LogP) is 13.2. The maximum atomic E-state index is 13.0. The lowest BCUT2D eigenvalue weighted by Crippen LogP contribution is -2.60. The van der Waals surface area contributed by atoms with E-state index in [4.69, 9.17) is 14.2 Å². The number of carbonyl (C=O) groups excluding carboxylic acids is 2. The third-order valence-corrected chi connectivity index (χ3v) is 13.3. The average molecular weight is 1010 g/mol. The summed E-state index contributed by atoms with van der Waals surface area (Å²) in [5, 5.41) is 54.3. The molecule has 72 heavy (non-hydrogen) atoms. The number of carbonyl (C=O) groups is 2. The normalized spacial score (nSPS) is 19.6. The zero-order valence-electron chi connectivity index (χ0n) is 45.6. The molecule has 1 amide bonds. The summed E-state index contributed by atoms with van der Waals surface area (Å²) in [5.74, 6) is -0.249. The third-order valence-electron chi connectivity index (χ3n) is 13.3. The lowest BCUT2D eigenvalue weighted by molar-refractivity contribution is -0.302. The van der Waals surface area contributed by atoms with E-state index in [1.165, 1.54) is 109 Å². The first-order valence-corrected chi connectivity index (χ1v) is 29.2. The summed E-state index contributed by atoms with van der Waals surface area (Å²) in [6.45, 7) is 4.20. The largest absolute Gasteiger partial charge is 0.466 e. The highest BCUT2D eigenvalue weighted by molar-refractivity contribution is 5.76. The van der Waals surface area contributed by atoms with E-state index in [1.54, 1.807) is 6.08 Å². The molecule has 0 radical (unpaired) electrons. The van der Waals surface area contributed by atoms with Crippen molar-refractivity contribution in [1.82, 2.24) is 5.32 Å². The van der Waals surface area contributed by atoms with Gasteiger partial charge in [0.25, 0.3) is 0 Å². The van der Waals surface area contributed by atoms with E-state index >= 15 is 0 Å². The number of allylic oxidation sites excluding steroid dienone is 11. The molecule has 416 valence electrons. The van der Waals surface area contributed by atoms with E-state index in [-0.39, 0.29) is 18.5 Å². The number of ether oxygens (including phenoxy) is 3. The van der Waals surface area contributed by atoms with Crippen LogP contribution in [0.1, 0.15) is 239 Å². The zero-order valence-corrected chi connectivity index (χ0v) is 45.6. The molecule has 0 spiro atoms. The minimum absolute atomic E-state index is 0.0405. The van der Waals surface area contributed by atoms with Gasteiger partial charge in [-0.15, -0.1) is 0 Å². The number of amides is 1. The van der Waals surface area contributed by atoms with Crippen LogP contribution in [-0.2, 0) is 23.8 Å². The summed E-state index contributed by atoms with van der Waals surface area (Å²) >= 11 is 0. The van der Waals surface area contributed by atoms with Crippen LogP contribution < -0.4 is 5.32 Å². The molecule has 7 atom stereocenters. The smallest absolute Gasteiger partial charge is 0.305 e. The Morgan fingerprint density at radius 2 is 0.944 bits per heavy atom. The Hall–Kier alpha value is -2.90. The Morgan fingerprint density at radius 3 is 1.46 bits per heavy atom. The third kappa shape index (κ3) is 39.5. The van der Waals surface area contributed by atoms with E-state index in [2.05, 4.69) is 79.9 Å². The summed E-state index contributed by atoms with van der Waals surface area (Å²) in [5.41, 5.74) is 0. The van der Waals surface area contributed by atoms with Gasteiger partial charge in [0, 0.05) is 12.8 Å².